The monoisotopic (exact) mass is 93.1 g/mol. The molecule has 0 spiro atoms. The van der Waals surface area contributed by atoms with E-state index >= 15 is 0 Å². The predicted octanol–water partition coefficient (Wildman–Crippen LogP) is 1.19. The Morgan fingerprint density at radius 3 is 1.17 bits per heavy atom. The van der Waals surface area contributed by atoms with Crippen LogP contribution in [0.3, 0.4) is 0 Å². The predicted molar refractivity (Wildman–Crippen MR) is 29.1 cm³/mol. The lowest BCUT2D eigenvalue weighted by molar-refractivity contribution is 0.399. The topological polar surface area (TPSA) is 55.2 Å². The van der Waals surface area contributed by atoms with Crippen LogP contribution in [0.4, 0.5) is 0 Å². The van der Waals surface area contributed by atoms with Gasteiger partial charge in [0.15, 0.2) is 0 Å². The van der Waals surface area contributed by atoms with E-state index in [1.165, 1.54) is 6.42 Å². The Labute approximate surface area is 39.8 Å². The van der Waals surface area contributed by atoms with Gasteiger partial charge in [0.1, 0.15) is 0 Å². The van der Waals surface area contributed by atoms with E-state index in [1.807, 2.05) is 0 Å². The van der Waals surface area contributed by atoms with Gasteiger partial charge in [-0.3, -0.25) is 0 Å². The highest BCUT2D eigenvalue weighted by atomic mass is 16.2. The zero-order valence-corrected chi connectivity index (χ0v) is 4.86. The van der Waals surface area contributed by atoms with Gasteiger partial charge in [-0.15, -0.1) is 0 Å². The molecule has 0 aromatic rings. The minimum Gasteiger partial charge on any atom is -0.400 e. The highest BCUT2D eigenvalue weighted by Gasteiger charge is 1.35. The van der Waals surface area contributed by atoms with Crippen molar-refractivity contribution >= 4 is 0 Å². The van der Waals surface area contributed by atoms with E-state index in [0.717, 1.165) is 7.11 Å². The summed E-state index contributed by atoms with van der Waals surface area (Å²) in [4.78, 5) is 0. The first-order valence-corrected chi connectivity index (χ1v) is 1.86. The summed E-state index contributed by atoms with van der Waals surface area (Å²) in [6.07, 6.45) is 1.25. The van der Waals surface area contributed by atoms with Crippen molar-refractivity contribution < 1.29 is 5.11 Å². The van der Waals surface area contributed by atoms with Crippen LogP contribution >= 0.6 is 0 Å². The molecule has 0 unspecified atom stereocenters. The van der Waals surface area contributed by atoms with Gasteiger partial charge in [-0.05, 0) is 0 Å². The van der Waals surface area contributed by atoms with Gasteiger partial charge in [-0.1, -0.05) is 20.3 Å². The molecule has 0 amide bonds. The minimum absolute atomic E-state index is 0. The van der Waals surface area contributed by atoms with Crippen LogP contribution < -0.4 is 6.15 Å². The second-order valence-corrected chi connectivity index (χ2v) is 0.707. The van der Waals surface area contributed by atoms with Crippen LogP contribution in [-0.4, -0.2) is 12.2 Å². The molecule has 0 rings (SSSR count). The van der Waals surface area contributed by atoms with Crippen LogP contribution in [0.25, 0.3) is 0 Å². The number of hydrogen-bond donors (Lipinski definition) is 2. The third-order valence-corrected chi connectivity index (χ3v) is 0. The van der Waals surface area contributed by atoms with Gasteiger partial charge in [0.05, 0.1) is 0 Å². The van der Waals surface area contributed by atoms with Crippen molar-refractivity contribution in [2.24, 2.45) is 0 Å². The number of hydrogen-bond acceptors (Lipinski definition) is 2. The Kier molecular flexibility index (Phi) is 250. The van der Waals surface area contributed by atoms with Gasteiger partial charge in [0, 0.05) is 7.11 Å². The first-order valence-electron chi connectivity index (χ1n) is 1.86. The van der Waals surface area contributed by atoms with Crippen molar-refractivity contribution in [2.45, 2.75) is 20.3 Å². The summed E-state index contributed by atoms with van der Waals surface area (Å²) in [7, 11) is 1.00. The molecule has 0 fully saturated rings. The quantitative estimate of drug-likeness (QED) is 0.472. The Morgan fingerprint density at radius 2 is 1.17 bits per heavy atom. The molecule has 0 atom stereocenters. The molecule has 0 saturated heterocycles. The fourth-order valence-electron chi connectivity index (χ4n) is 0. The summed E-state index contributed by atoms with van der Waals surface area (Å²) in [6, 6.07) is 0. The van der Waals surface area contributed by atoms with Gasteiger partial charge >= 0.3 is 0 Å². The number of aliphatic hydroxyl groups excluding tert-OH is 1. The molecular formula is C4H15NO. The van der Waals surface area contributed by atoms with E-state index in [2.05, 4.69) is 13.8 Å². The molecule has 6 heavy (non-hydrogen) atoms. The van der Waals surface area contributed by atoms with Crippen LogP contribution in [0.15, 0.2) is 0 Å². The van der Waals surface area contributed by atoms with Crippen LogP contribution in [0.1, 0.15) is 20.3 Å². The zero-order valence-electron chi connectivity index (χ0n) is 4.86. The Hall–Kier alpha value is -0.0800. The minimum atomic E-state index is 0. The van der Waals surface area contributed by atoms with Gasteiger partial charge in [-0.25, -0.2) is 0 Å². The lowest BCUT2D eigenvalue weighted by atomic mass is 10.6. The van der Waals surface area contributed by atoms with Crippen LogP contribution in [0, 0.1) is 0 Å². The maximum absolute atomic E-state index is 7.00. The molecule has 0 aliphatic carbocycles. The second-order valence-electron chi connectivity index (χ2n) is 0.707. The van der Waals surface area contributed by atoms with E-state index in [0.29, 0.717) is 0 Å². The second kappa shape index (κ2) is 89.3. The van der Waals surface area contributed by atoms with Crippen molar-refractivity contribution in [3.8, 4) is 0 Å². The van der Waals surface area contributed by atoms with E-state index in [-0.39, 0.29) is 6.15 Å². The zero-order chi connectivity index (χ0) is 4.71. The lowest BCUT2D eigenvalue weighted by Crippen LogP contribution is -1.27. The van der Waals surface area contributed by atoms with Crippen molar-refractivity contribution in [3.63, 3.8) is 0 Å². The lowest BCUT2D eigenvalue weighted by Gasteiger charge is -1.48. The standard InChI is InChI=1S/C3H8.CH4O.H3N/c1-3-2;1-2;/h3H2,1-2H3;2H,1H3;1H3. The fraction of sp³-hybridized carbons (Fsp3) is 1.00. The normalized spacial score (nSPS) is 4.00. The van der Waals surface area contributed by atoms with Gasteiger partial charge < -0.3 is 11.3 Å². The molecule has 4 N–H and O–H groups in total. The first kappa shape index (κ1) is 16.8. The molecule has 0 bridgehead atoms. The average Bonchev–Trinajstić information content (AvgIpc) is 1.46. The third-order valence-electron chi connectivity index (χ3n) is 0. The molecule has 0 heterocycles. The third kappa shape index (κ3) is 5220. The van der Waals surface area contributed by atoms with Crippen molar-refractivity contribution in [1.82, 2.24) is 6.15 Å². The van der Waals surface area contributed by atoms with Crippen LogP contribution in [-0.2, 0) is 0 Å². The Balaban J connectivity index is -0.0000000275. The molecule has 0 aromatic heterocycles. The van der Waals surface area contributed by atoms with E-state index < -0.39 is 0 Å². The number of aliphatic hydroxyl groups is 1. The summed E-state index contributed by atoms with van der Waals surface area (Å²) < 4.78 is 0. The highest BCUT2D eigenvalue weighted by Crippen LogP contribution is 1.56. The summed E-state index contributed by atoms with van der Waals surface area (Å²) in [6.45, 7) is 4.25. The Bertz CT molecular complexity index is 7.51. The smallest absolute Gasteiger partial charge is 0.0319 e. The van der Waals surface area contributed by atoms with Gasteiger partial charge in [0.25, 0.3) is 0 Å². The molecule has 0 aromatic carbocycles. The summed E-state index contributed by atoms with van der Waals surface area (Å²) >= 11 is 0. The van der Waals surface area contributed by atoms with Crippen LogP contribution in [0.2, 0.25) is 0 Å². The van der Waals surface area contributed by atoms with E-state index in [1.54, 1.807) is 0 Å². The Morgan fingerprint density at radius 1 is 1.17 bits per heavy atom. The van der Waals surface area contributed by atoms with Crippen molar-refractivity contribution in [1.29, 1.82) is 0 Å². The highest BCUT2D eigenvalue weighted by molar-refractivity contribution is 3.92. The molecule has 0 aliphatic rings. The molecule has 0 aliphatic heterocycles. The maximum atomic E-state index is 7.00. The van der Waals surface area contributed by atoms with Crippen molar-refractivity contribution in [3.05, 3.63) is 0 Å². The largest absolute Gasteiger partial charge is 0.400 e. The molecule has 2 nitrogen and oxygen atoms in total. The van der Waals surface area contributed by atoms with Crippen LogP contribution in [0.5, 0.6) is 0 Å². The number of rotatable bonds is 0. The average molecular weight is 93.2 g/mol. The van der Waals surface area contributed by atoms with Crippen molar-refractivity contribution in [2.75, 3.05) is 7.11 Å². The van der Waals surface area contributed by atoms with E-state index in [4.69, 9.17) is 5.11 Å². The molecule has 0 radical (unpaired) electrons. The first-order chi connectivity index (χ1) is 2.41. The summed E-state index contributed by atoms with van der Waals surface area (Å²) in [5, 5.41) is 7.00. The van der Waals surface area contributed by atoms with E-state index in [9.17, 15) is 0 Å². The van der Waals surface area contributed by atoms with Gasteiger partial charge in [-0.2, -0.15) is 0 Å². The molecular weight excluding hydrogens is 78.0 g/mol. The maximum Gasteiger partial charge on any atom is 0.0319 e. The summed E-state index contributed by atoms with van der Waals surface area (Å²) in [5.74, 6) is 0. The summed E-state index contributed by atoms with van der Waals surface area (Å²) in [5.41, 5.74) is 0. The molecule has 0 saturated carbocycles. The fourth-order valence-corrected chi connectivity index (χ4v) is 0. The molecule has 2 heteroatoms. The SMILES string of the molecule is CCC.CO.N. The molecule has 42 valence electrons. The van der Waals surface area contributed by atoms with Gasteiger partial charge in [0.2, 0.25) is 0 Å².